The third-order valence-electron chi connectivity index (χ3n) is 3.18. The van der Waals surface area contributed by atoms with Gasteiger partial charge in [0.05, 0.1) is 5.60 Å². The predicted octanol–water partition coefficient (Wildman–Crippen LogP) is 5.13. The molecule has 1 saturated carbocycles. The molecule has 1 rings (SSSR count). The normalized spacial score (nSPS) is 31.4. The maximum Gasteiger partial charge on any atom is 0.184 e. The Labute approximate surface area is 115 Å². The minimum Gasteiger partial charge on any atom is -0.409 e. The molecular formula is C13H25IOSi. The predicted molar refractivity (Wildman–Crippen MR) is 82.6 cm³/mol. The molecule has 0 spiro atoms. The zero-order valence-electron chi connectivity index (χ0n) is 11.1. The molecule has 1 nitrogen and oxygen atoms in total. The highest BCUT2D eigenvalue weighted by molar-refractivity contribution is 14.1. The fraction of sp³-hybridized carbons (Fsp3) is 0.846. The smallest absolute Gasteiger partial charge is 0.184 e. The van der Waals surface area contributed by atoms with Crippen molar-refractivity contribution >= 4 is 30.9 Å². The molecule has 3 heteroatoms. The molecular weight excluding hydrogens is 327 g/mol. The first kappa shape index (κ1) is 14.7. The van der Waals surface area contributed by atoms with E-state index >= 15 is 0 Å². The van der Waals surface area contributed by atoms with Crippen LogP contribution in [-0.4, -0.2) is 13.9 Å². The van der Waals surface area contributed by atoms with Crippen LogP contribution in [0.5, 0.6) is 0 Å². The lowest BCUT2D eigenvalue weighted by Crippen LogP contribution is -2.39. The second-order valence-electron chi connectivity index (χ2n) is 5.97. The summed E-state index contributed by atoms with van der Waals surface area (Å²) in [5, 5.41) is 0. The lowest BCUT2D eigenvalue weighted by atomic mass is 9.98. The van der Waals surface area contributed by atoms with Crippen LogP contribution in [0.3, 0.4) is 0 Å². The molecule has 0 bridgehead atoms. The Morgan fingerprint density at radius 1 is 1.44 bits per heavy atom. The molecule has 0 heterocycles. The van der Waals surface area contributed by atoms with E-state index in [-0.39, 0.29) is 5.60 Å². The van der Waals surface area contributed by atoms with E-state index in [9.17, 15) is 0 Å². The molecule has 0 aliphatic heterocycles. The topological polar surface area (TPSA) is 9.23 Å². The molecule has 1 aliphatic carbocycles. The van der Waals surface area contributed by atoms with Gasteiger partial charge in [-0.25, -0.2) is 0 Å². The van der Waals surface area contributed by atoms with Gasteiger partial charge in [0, 0.05) is 0 Å². The van der Waals surface area contributed by atoms with E-state index in [0.29, 0.717) is 0 Å². The van der Waals surface area contributed by atoms with E-state index < -0.39 is 8.32 Å². The summed E-state index contributed by atoms with van der Waals surface area (Å²) in [6.07, 6.45) is 8.79. The first-order valence-electron chi connectivity index (χ1n) is 6.39. The largest absolute Gasteiger partial charge is 0.409 e. The van der Waals surface area contributed by atoms with Gasteiger partial charge < -0.3 is 4.43 Å². The summed E-state index contributed by atoms with van der Waals surface area (Å²) >= 11 is 2.32. The molecule has 0 aromatic carbocycles. The van der Waals surface area contributed by atoms with Crippen molar-refractivity contribution in [2.45, 2.75) is 64.3 Å². The van der Waals surface area contributed by atoms with Crippen molar-refractivity contribution in [2.24, 2.45) is 5.92 Å². The Kier molecular flexibility index (Phi) is 5.52. The van der Waals surface area contributed by atoms with E-state index in [2.05, 4.69) is 59.3 Å². The van der Waals surface area contributed by atoms with Crippen LogP contribution in [0.25, 0.3) is 0 Å². The molecule has 0 amide bonds. The Balaban J connectivity index is 2.69. The van der Waals surface area contributed by atoms with Crippen LogP contribution >= 0.6 is 22.6 Å². The average Bonchev–Trinajstić information content (AvgIpc) is 2.47. The zero-order valence-corrected chi connectivity index (χ0v) is 14.2. The van der Waals surface area contributed by atoms with E-state index in [1.165, 1.54) is 32.1 Å². The van der Waals surface area contributed by atoms with Gasteiger partial charge in [-0.05, 0) is 55.0 Å². The molecule has 94 valence electrons. The molecule has 0 aromatic rings. The third-order valence-corrected chi connectivity index (χ3v) is 4.56. The lowest BCUT2D eigenvalue weighted by Gasteiger charge is -2.34. The minimum atomic E-state index is -1.44. The van der Waals surface area contributed by atoms with Gasteiger partial charge in [0.2, 0.25) is 0 Å². The van der Waals surface area contributed by atoms with E-state index in [0.717, 1.165) is 5.92 Å². The molecule has 0 radical (unpaired) electrons. The molecule has 0 saturated heterocycles. The number of hydrogen-bond donors (Lipinski definition) is 0. The maximum absolute atomic E-state index is 6.45. The van der Waals surface area contributed by atoms with Crippen molar-refractivity contribution < 1.29 is 4.43 Å². The number of hydrogen-bond acceptors (Lipinski definition) is 1. The van der Waals surface area contributed by atoms with Gasteiger partial charge in [0.1, 0.15) is 0 Å². The number of rotatable bonds is 5. The van der Waals surface area contributed by atoms with Crippen LogP contribution in [-0.2, 0) is 4.43 Å². The van der Waals surface area contributed by atoms with Gasteiger partial charge in [-0.1, -0.05) is 42.4 Å². The van der Waals surface area contributed by atoms with Crippen molar-refractivity contribution in [1.29, 1.82) is 0 Å². The van der Waals surface area contributed by atoms with Crippen LogP contribution in [0.1, 0.15) is 39.0 Å². The molecule has 0 aromatic heterocycles. The van der Waals surface area contributed by atoms with Crippen molar-refractivity contribution in [2.75, 3.05) is 0 Å². The molecule has 16 heavy (non-hydrogen) atoms. The first-order valence-corrected chi connectivity index (χ1v) is 11.0. The quantitative estimate of drug-likeness (QED) is 0.493. The summed E-state index contributed by atoms with van der Waals surface area (Å²) in [5.74, 6) is 0.883. The van der Waals surface area contributed by atoms with Crippen LogP contribution in [0, 0.1) is 5.92 Å². The SMILES string of the molecule is CCCC1CCC(/C=C/I)(O[Si](C)(C)C)C1. The summed E-state index contributed by atoms with van der Waals surface area (Å²) in [6.45, 7) is 9.17. The standard InChI is InChI=1S/C13H25IOSi/c1-5-6-12-7-8-13(11-12,9-10-14)15-16(2,3)4/h9-10,12H,5-8,11H2,1-4H3/b10-9+. The molecule has 1 aliphatic rings. The Hall–Kier alpha value is 0.647. The highest BCUT2D eigenvalue weighted by Gasteiger charge is 2.40. The molecule has 0 N–H and O–H groups in total. The minimum absolute atomic E-state index is 0.0749. The lowest BCUT2D eigenvalue weighted by molar-refractivity contribution is 0.114. The van der Waals surface area contributed by atoms with Crippen molar-refractivity contribution in [3.8, 4) is 0 Å². The van der Waals surface area contributed by atoms with E-state index in [1.54, 1.807) is 0 Å². The highest BCUT2D eigenvalue weighted by Crippen LogP contribution is 2.42. The van der Waals surface area contributed by atoms with Crippen LogP contribution in [0.4, 0.5) is 0 Å². The monoisotopic (exact) mass is 352 g/mol. The van der Waals surface area contributed by atoms with Gasteiger partial charge >= 0.3 is 0 Å². The summed E-state index contributed by atoms with van der Waals surface area (Å²) in [7, 11) is -1.44. The number of halogens is 1. The van der Waals surface area contributed by atoms with Crippen molar-refractivity contribution in [3.63, 3.8) is 0 Å². The fourth-order valence-electron chi connectivity index (χ4n) is 2.80. The Morgan fingerprint density at radius 3 is 2.62 bits per heavy atom. The van der Waals surface area contributed by atoms with Gasteiger partial charge in [-0.15, -0.1) is 0 Å². The van der Waals surface area contributed by atoms with Crippen LogP contribution < -0.4 is 0 Å². The highest BCUT2D eigenvalue weighted by atomic mass is 127. The maximum atomic E-state index is 6.45. The molecule has 2 atom stereocenters. The van der Waals surface area contributed by atoms with Crippen LogP contribution in [0.2, 0.25) is 19.6 Å². The van der Waals surface area contributed by atoms with Crippen LogP contribution in [0.15, 0.2) is 10.2 Å². The summed E-state index contributed by atoms with van der Waals surface area (Å²) in [4.78, 5) is 0. The van der Waals surface area contributed by atoms with Gasteiger partial charge in [-0.3, -0.25) is 0 Å². The molecule has 2 unspecified atom stereocenters. The van der Waals surface area contributed by atoms with Crippen molar-refractivity contribution in [3.05, 3.63) is 10.2 Å². The summed E-state index contributed by atoms with van der Waals surface area (Å²) < 4.78 is 8.60. The average molecular weight is 352 g/mol. The van der Waals surface area contributed by atoms with Gasteiger partial charge in [0.15, 0.2) is 8.32 Å². The third kappa shape index (κ3) is 4.49. The van der Waals surface area contributed by atoms with Gasteiger partial charge in [0.25, 0.3) is 0 Å². The Morgan fingerprint density at radius 2 is 2.12 bits per heavy atom. The van der Waals surface area contributed by atoms with E-state index in [1.807, 2.05) is 0 Å². The first-order chi connectivity index (χ1) is 7.41. The second-order valence-corrected chi connectivity index (χ2v) is 11.1. The fourth-order valence-corrected chi connectivity index (χ4v) is 4.93. The van der Waals surface area contributed by atoms with Gasteiger partial charge in [-0.2, -0.15) is 0 Å². The van der Waals surface area contributed by atoms with Crippen molar-refractivity contribution in [1.82, 2.24) is 0 Å². The zero-order chi connectivity index (χ0) is 12.2. The second kappa shape index (κ2) is 6.00. The Bertz CT molecular complexity index is 247. The van der Waals surface area contributed by atoms with E-state index in [4.69, 9.17) is 4.43 Å². The summed E-state index contributed by atoms with van der Waals surface area (Å²) in [5.41, 5.74) is 0.0749. The summed E-state index contributed by atoms with van der Waals surface area (Å²) in [6, 6.07) is 0. The molecule has 1 fully saturated rings.